The first-order valence-corrected chi connectivity index (χ1v) is 5.84. The average molecular weight is 245 g/mol. The van der Waals surface area contributed by atoms with Crippen LogP contribution in [0.2, 0.25) is 0 Å². The van der Waals surface area contributed by atoms with E-state index < -0.39 is 12.1 Å². The number of aliphatic carboxylic acids is 1. The highest BCUT2D eigenvalue weighted by Gasteiger charge is 2.18. The minimum atomic E-state index is -0.945. The molecule has 1 heterocycles. The van der Waals surface area contributed by atoms with Gasteiger partial charge in [0.15, 0.2) is 6.10 Å². The topological polar surface area (TPSA) is 51.5 Å². The molecule has 1 aromatic heterocycles. The third kappa shape index (κ3) is 2.53. The van der Waals surface area contributed by atoms with Crippen LogP contribution in [0.5, 0.6) is 5.75 Å². The number of hydrogen-bond donors (Lipinski definition) is 1. The lowest BCUT2D eigenvalue weighted by Crippen LogP contribution is -2.26. The molecule has 2 rings (SSSR count). The molecule has 0 aliphatic heterocycles. The summed E-state index contributed by atoms with van der Waals surface area (Å²) in [6, 6.07) is 11.2. The molecule has 0 aliphatic rings. The number of rotatable bonds is 5. The molecule has 0 bridgehead atoms. The maximum Gasteiger partial charge on any atom is 0.344 e. The van der Waals surface area contributed by atoms with Gasteiger partial charge in [-0.15, -0.1) is 0 Å². The van der Waals surface area contributed by atoms with Gasteiger partial charge in [-0.25, -0.2) is 4.79 Å². The van der Waals surface area contributed by atoms with Gasteiger partial charge in [0.05, 0.1) is 5.69 Å². The third-order valence-electron chi connectivity index (χ3n) is 2.66. The van der Waals surface area contributed by atoms with Crippen LogP contribution in [0.1, 0.15) is 13.3 Å². The van der Waals surface area contributed by atoms with Gasteiger partial charge < -0.3 is 14.4 Å². The van der Waals surface area contributed by atoms with Gasteiger partial charge in [0.2, 0.25) is 0 Å². The highest BCUT2D eigenvalue weighted by molar-refractivity contribution is 5.72. The zero-order valence-electron chi connectivity index (χ0n) is 10.1. The van der Waals surface area contributed by atoms with Crippen molar-refractivity contribution < 1.29 is 14.6 Å². The number of benzene rings is 1. The van der Waals surface area contributed by atoms with Crippen molar-refractivity contribution >= 4 is 5.97 Å². The molecule has 1 atom stereocenters. The third-order valence-corrected chi connectivity index (χ3v) is 2.66. The second-order valence-electron chi connectivity index (χ2n) is 3.91. The molecule has 0 radical (unpaired) electrons. The van der Waals surface area contributed by atoms with Gasteiger partial charge in [-0.3, -0.25) is 0 Å². The van der Waals surface area contributed by atoms with E-state index in [-0.39, 0.29) is 0 Å². The summed E-state index contributed by atoms with van der Waals surface area (Å²) in [5.74, 6) is -0.372. The van der Waals surface area contributed by atoms with Gasteiger partial charge in [-0.1, -0.05) is 19.1 Å². The first kappa shape index (κ1) is 12.2. The van der Waals surface area contributed by atoms with E-state index in [1.54, 1.807) is 13.0 Å². The van der Waals surface area contributed by atoms with E-state index in [1.807, 2.05) is 47.3 Å². The van der Waals surface area contributed by atoms with Crippen molar-refractivity contribution in [3.63, 3.8) is 0 Å². The number of carboxylic acids is 1. The molecule has 0 spiro atoms. The maximum absolute atomic E-state index is 11.0. The Hall–Kier alpha value is -2.23. The van der Waals surface area contributed by atoms with Gasteiger partial charge in [0.1, 0.15) is 5.75 Å². The lowest BCUT2D eigenvalue weighted by atomic mass is 10.2. The van der Waals surface area contributed by atoms with E-state index in [4.69, 9.17) is 9.84 Å². The van der Waals surface area contributed by atoms with Crippen LogP contribution in [-0.4, -0.2) is 21.7 Å². The Morgan fingerprint density at radius 1 is 1.28 bits per heavy atom. The molecular weight excluding hydrogens is 230 g/mol. The van der Waals surface area contributed by atoms with Crippen molar-refractivity contribution in [2.24, 2.45) is 0 Å². The van der Waals surface area contributed by atoms with Crippen LogP contribution >= 0.6 is 0 Å². The summed E-state index contributed by atoms with van der Waals surface area (Å²) in [5, 5.41) is 9.02. The number of carbonyl (C=O) groups is 1. The van der Waals surface area contributed by atoms with Crippen LogP contribution in [0.15, 0.2) is 48.8 Å². The quantitative estimate of drug-likeness (QED) is 0.881. The average Bonchev–Trinajstić information content (AvgIpc) is 2.89. The molecule has 0 saturated carbocycles. The SMILES string of the molecule is CC[C@H](Oc1ccccc1-n1cccc1)C(=O)O. The molecule has 18 heavy (non-hydrogen) atoms. The second-order valence-corrected chi connectivity index (χ2v) is 3.91. The molecular formula is C14H15NO3. The molecule has 1 aromatic carbocycles. The van der Waals surface area contributed by atoms with E-state index in [1.165, 1.54) is 0 Å². The number of hydrogen-bond acceptors (Lipinski definition) is 2. The lowest BCUT2D eigenvalue weighted by molar-refractivity contribution is -0.145. The summed E-state index contributed by atoms with van der Waals surface area (Å²) < 4.78 is 7.45. The predicted molar refractivity (Wildman–Crippen MR) is 68.1 cm³/mol. The Morgan fingerprint density at radius 2 is 1.94 bits per heavy atom. The Bertz CT molecular complexity index is 520. The predicted octanol–water partition coefficient (Wildman–Crippen LogP) is 2.72. The zero-order valence-corrected chi connectivity index (χ0v) is 10.1. The van der Waals surface area contributed by atoms with Crippen LogP contribution in [0.4, 0.5) is 0 Å². The van der Waals surface area contributed by atoms with Crippen molar-refractivity contribution in [1.29, 1.82) is 0 Å². The molecule has 0 amide bonds. The Labute approximate surface area is 105 Å². The molecule has 4 heteroatoms. The summed E-state index contributed by atoms with van der Waals surface area (Å²) in [6.45, 7) is 1.79. The minimum absolute atomic E-state index is 0.426. The van der Waals surface area contributed by atoms with Crippen molar-refractivity contribution in [2.45, 2.75) is 19.4 Å². The van der Waals surface area contributed by atoms with Crippen molar-refractivity contribution in [2.75, 3.05) is 0 Å². The van der Waals surface area contributed by atoms with E-state index >= 15 is 0 Å². The number of para-hydroxylation sites is 2. The zero-order chi connectivity index (χ0) is 13.0. The summed E-state index contributed by atoms with van der Waals surface area (Å²) in [6.07, 6.45) is 3.39. The van der Waals surface area contributed by atoms with Gasteiger partial charge in [-0.05, 0) is 30.7 Å². The van der Waals surface area contributed by atoms with Crippen LogP contribution in [0.25, 0.3) is 5.69 Å². The molecule has 94 valence electrons. The Kier molecular flexibility index (Phi) is 3.67. The first-order chi connectivity index (χ1) is 8.72. The van der Waals surface area contributed by atoms with Crippen LogP contribution in [-0.2, 0) is 4.79 Å². The van der Waals surface area contributed by atoms with E-state index in [9.17, 15) is 4.79 Å². The van der Waals surface area contributed by atoms with Crippen molar-refractivity contribution in [1.82, 2.24) is 4.57 Å². The normalized spacial score (nSPS) is 12.1. The number of nitrogens with zero attached hydrogens (tertiary/aromatic N) is 1. The molecule has 1 N–H and O–H groups in total. The fourth-order valence-electron chi connectivity index (χ4n) is 1.73. The van der Waals surface area contributed by atoms with Gasteiger partial charge in [0.25, 0.3) is 0 Å². The molecule has 0 aliphatic carbocycles. The fraction of sp³-hybridized carbons (Fsp3) is 0.214. The minimum Gasteiger partial charge on any atom is -0.479 e. The van der Waals surface area contributed by atoms with Gasteiger partial charge in [0, 0.05) is 12.4 Å². The van der Waals surface area contributed by atoms with Crippen molar-refractivity contribution in [3.8, 4) is 11.4 Å². The van der Waals surface area contributed by atoms with Crippen LogP contribution < -0.4 is 4.74 Å². The lowest BCUT2D eigenvalue weighted by Gasteiger charge is -2.16. The first-order valence-electron chi connectivity index (χ1n) is 5.84. The van der Waals surface area contributed by atoms with E-state index in [0.29, 0.717) is 12.2 Å². The summed E-state index contributed by atoms with van der Waals surface area (Å²) in [4.78, 5) is 11.0. The monoisotopic (exact) mass is 245 g/mol. The fourth-order valence-corrected chi connectivity index (χ4v) is 1.73. The molecule has 0 saturated heterocycles. The largest absolute Gasteiger partial charge is 0.479 e. The Balaban J connectivity index is 2.31. The molecule has 0 unspecified atom stereocenters. The van der Waals surface area contributed by atoms with Gasteiger partial charge in [-0.2, -0.15) is 0 Å². The number of carboxylic acid groups (broad SMARTS) is 1. The van der Waals surface area contributed by atoms with Crippen molar-refractivity contribution in [3.05, 3.63) is 48.8 Å². The summed E-state index contributed by atoms with van der Waals surface area (Å²) in [5.41, 5.74) is 0.835. The van der Waals surface area contributed by atoms with Crippen LogP contribution in [0.3, 0.4) is 0 Å². The highest BCUT2D eigenvalue weighted by Crippen LogP contribution is 2.24. The Morgan fingerprint density at radius 3 is 2.56 bits per heavy atom. The number of ether oxygens (including phenoxy) is 1. The smallest absolute Gasteiger partial charge is 0.344 e. The van der Waals surface area contributed by atoms with E-state index in [0.717, 1.165) is 5.69 Å². The second kappa shape index (κ2) is 5.40. The maximum atomic E-state index is 11.0. The highest BCUT2D eigenvalue weighted by atomic mass is 16.5. The summed E-state index contributed by atoms with van der Waals surface area (Å²) in [7, 11) is 0. The molecule has 0 fully saturated rings. The standard InChI is InChI=1S/C14H15NO3/c1-2-12(14(16)17)18-13-8-4-3-7-11(13)15-9-5-6-10-15/h3-10,12H,2H2,1H3,(H,16,17)/t12-/m0/s1. The van der Waals surface area contributed by atoms with Crippen LogP contribution in [0, 0.1) is 0 Å². The molecule has 2 aromatic rings. The van der Waals surface area contributed by atoms with E-state index in [2.05, 4.69) is 0 Å². The van der Waals surface area contributed by atoms with Gasteiger partial charge >= 0.3 is 5.97 Å². The number of aromatic nitrogens is 1. The summed E-state index contributed by atoms with van der Waals surface area (Å²) >= 11 is 0. The molecule has 4 nitrogen and oxygen atoms in total.